The number of nitrogens with zero attached hydrogens (tertiary/aromatic N) is 2. The lowest BCUT2D eigenvalue weighted by molar-refractivity contribution is -0.115. The van der Waals surface area contributed by atoms with Crippen LogP contribution in [-0.4, -0.2) is 52.8 Å². The zero-order valence-electron chi connectivity index (χ0n) is 16.8. The Morgan fingerprint density at radius 1 is 1.10 bits per heavy atom. The third-order valence-electron chi connectivity index (χ3n) is 3.95. The largest absolute Gasteiger partial charge is 0.478 e. The van der Waals surface area contributed by atoms with Gasteiger partial charge in [0.1, 0.15) is 0 Å². The van der Waals surface area contributed by atoms with Crippen molar-refractivity contribution < 1.29 is 19.5 Å². The molecule has 0 saturated heterocycles. The molecule has 3 aromatic rings. The van der Waals surface area contributed by atoms with E-state index in [1.54, 1.807) is 35.7 Å². The molecule has 0 bridgehead atoms. The molecule has 31 heavy (non-hydrogen) atoms. The Kier molecular flexibility index (Phi) is 7.40. The molecule has 0 aliphatic carbocycles. The van der Waals surface area contributed by atoms with Gasteiger partial charge in [0.25, 0.3) is 5.91 Å². The van der Waals surface area contributed by atoms with E-state index < -0.39 is 11.9 Å². The van der Waals surface area contributed by atoms with E-state index in [0.29, 0.717) is 22.0 Å². The Hall–Kier alpha value is -3.21. The molecule has 3 N–H and O–H groups in total. The molecule has 0 aliphatic rings. The number of carboxylic acids is 1. The second-order valence-electron chi connectivity index (χ2n) is 6.59. The van der Waals surface area contributed by atoms with E-state index in [-0.39, 0.29) is 18.0 Å². The molecule has 0 spiro atoms. The van der Waals surface area contributed by atoms with Crippen LogP contribution in [0.25, 0.3) is 11.3 Å². The normalized spacial score (nSPS) is 10.7. The van der Waals surface area contributed by atoms with Gasteiger partial charge in [-0.15, -0.1) is 11.3 Å². The quantitative estimate of drug-likeness (QED) is 0.445. The number of carbonyl (C=O) groups is 3. The summed E-state index contributed by atoms with van der Waals surface area (Å²) in [6.07, 6.45) is 0. The Morgan fingerprint density at radius 2 is 1.84 bits per heavy atom. The molecule has 1 heterocycles. The number of rotatable bonds is 8. The molecular formula is C21H20N4O4S2. The second-order valence-corrected chi connectivity index (χ2v) is 8.83. The fourth-order valence-electron chi connectivity index (χ4n) is 2.61. The van der Waals surface area contributed by atoms with Crippen LogP contribution in [0.5, 0.6) is 0 Å². The molecule has 0 radical (unpaired) electrons. The van der Waals surface area contributed by atoms with Crippen LogP contribution in [0.3, 0.4) is 0 Å². The number of thiazole rings is 1. The predicted molar refractivity (Wildman–Crippen MR) is 121 cm³/mol. The maximum Gasteiger partial charge on any atom is 0.335 e. The number of hydrogen-bond acceptors (Lipinski definition) is 7. The van der Waals surface area contributed by atoms with Gasteiger partial charge in [-0.2, -0.15) is 0 Å². The maximum absolute atomic E-state index is 12.3. The summed E-state index contributed by atoms with van der Waals surface area (Å²) in [5, 5.41) is 16.4. The van der Waals surface area contributed by atoms with Crippen molar-refractivity contribution in [3.8, 4) is 11.3 Å². The first-order valence-corrected chi connectivity index (χ1v) is 10.8. The van der Waals surface area contributed by atoms with E-state index >= 15 is 0 Å². The summed E-state index contributed by atoms with van der Waals surface area (Å²) in [5.74, 6) is -1.78. The fraction of sp³-hybridized carbons (Fsp3) is 0.143. The molecule has 1 aromatic heterocycles. The highest BCUT2D eigenvalue weighted by Gasteiger charge is 2.12. The van der Waals surface area contributed by atoms with Gasteiger partial charge in [0.05, 0.1) is 17.8 Å². The first-order chi connectivity index (χ1) is 14.8. The average Bonchev–Trinajstić information content (AvgIpc) is 3.20. The molecule has 0 unspecified atom stereocenters. The van der Waals surface area contributed by atoms with Gasteiger partial charge in [-0.25, -0.2) is 9.78 Å². The Bertz CT molecular complexity index is 1110. The Balaban J connectivity index is 1.56. The summed E-state index contributed by atoms with van der Waals surface area (Å²) in [6, 6.07) is 13.5. The number of aromatic nitrogens is 1. The van der Waals surface area contributed by atoms with Gasteiger partial charge < -0.3 is 15.7 Å². The van der Waals surface area contributed by atoms with Gasteiger partial charge >= 0.3 is 5.97 Å². The predicted octanol–water partition coefficient (Wildman–Crippen LogP) is 3.45. The van der Waals surface area contributed by atoms with Crippen LogP contribution < -0.4 is 10.6 Å². The fourth-order valence-corrected chi connectivity index (χ4v) is 4.08. The zero-order chi connectivity index (χ0) is 22.4. The van der Waals surface area contributed by atoms with Crippen LogP contribution in [0, 0.1) is 0 Å². The molecule has 0 saturated carbocycles. The first-order valence-electron chi connectivity index (χ1n) is 9.14. The van der Waals surface area contributed by atoms with Crippen LogP contribution in [0.2, 0.25) is 0 Å². The maximum atomic E-state index is 12.3. The summed E-state index contributed by atoms with van der Waals surface area (Å²) in [4.78, 5) is 40.9. The van der Waals surface area contributed by atoms with Gasteiger partial charge in [-0.05, 0) is 56.4 Å². The lowest BCUT2D eigenvalue weighted by Gasteiger charge is -2.10. The van der Waals surface area contributed by atoms with E-state index in [1.165, 1.54) is 35.4 Å². The Labute approximate surface area is 187 Å². The first kappa shape index (κ1) is 22.5. The zero-order valence-corrected chi connectivity index (χ0v) is 18.4. The number of anilines is 1. The summed E-state index contributed by atoms with van der Waals surface area (Å²) in [5.41, 5.74) is 1.82. The van der Waals surface area contributed by atoms with Gasteiger partial charge in [0.15, 0.2) is 5.13 Å². The highest BCUT2D eigenvalue weighted by Crippen LogP contribution is 2.25. The van der Waals surface area contributed by atoms with Crippen molar-refractivity contribution in [3.05, 3.63) is 65.0 Å². The van der Waals surface area contributed by atoms with E-state index in [2.05, 4.69) is 15.6 Å². The van der Waals surface area contributed by atoms with E-state index in [1.807, 2.05) is 24.5 Å². The highest BCUT2D eigenvalue weighted by molar-refractivity contribution is 7.97. The van der Waals surface area contributed by atoms with Crippen molar-refractivity contribution in [2.24, 2.45) is 0 Å². The lowest BCUT2D eigenvalue weighted by atomic mass is 10.1. The molecule has 3 rings (SSSR count). The topological polar surface area (TPSA) is 112 Å². The van der Waals surface area contributed by atoms with Gasteiger partial charge in [-0.1, -0.05) is 18.2 Å². The van der Waals surface area contributed by atoms with Crippen molar-refractivity contribution in [2.75, 3.05) is 26.0 Å². The third kappa shape index (κ3) is 6.38. The number of nitrogens with one attached hydrogen (secondary N) is 2. The van der Waals surface area contributed by atoms with Gasteiger partial charge in [0.2, 0.25) is 5.91 Å². The van der Waals surface area contributed by atoms with Crippen molar-refractivity contribution >= 4 is 46.2 Å². The molecule has 0 atom stereocenters. The van der Waals surface area contributed by atoms with E-state index in [0.717, 1.165) is 4.90 Å². The number of carboxylic acid groups (broad SMARTS) is 1. The number of hydrogen-bond donors (Lipinski definition) is 3. The number of aromatic carboxylic acids is 1. The average molecular weight is 457 g/mol. The molecule has 0 aliphatic heterocycles. The summed E-state index contributed by atoms with van der Waals surface area (Å²) < 4.78 is 1.92. The molecule has 160 valence electrons. The molecule has 10 heteroatoms. The molecule has 2 amide bonds. The van der Waals surface area contributed by atoms with Gasteiger partial charge in [-0.3, -0.25) is 13.9 Å². The summed E-state index contributed by atoms with van der Waals surface area (Å²) in [7, 11) is 3.82. The van der Waals surface area contributed by atoms with Crippen molar-refractivity contribution in [3.63, 3.8) is 0 Å². The van der Waals surface area contributed by atoms with Crippen molar-refractivity contribution in [1.29, 1.82) is 0 Å². The summed E-state index contributed by atoms with van der Waals surface area (Å²) in [6.45, 7) is -0.201. The third-order valence-corrected chi connectivity index (χ3v) is 5.54. The molecule has 8 nitrogen and oxygen atoms in total. The van der Waals surface area contributed by atoms with Crippen LogP contribution in [0.1, 0.15) is 20.7 Å². The standard InChI is InChI=1S/C21H20N4O4S2/c1-25(2)31-16-8-4-6-14(10-16)19(27)22-11-18(26)24-21-23-17(12-30-21)13-5-3-7-15(9-13)20(28)29/h3-10,12H,11H2,1-2H3,(H,22,27)(H,28,29)(H,23,24,26). The summed E-state index contributed by atoms with van der Waals surface area (Å²) >= 11 is 2.71. The van der Waals surface area contributed by atoms with Crippen LogP contribution in [0.4, 0.5) is 5.13 Å². The minimum absolute atomic E-state index is 0.159. The van der Waals surface area contributed by atoms with E-state index in [9.17, 15) is 14.4 Å². The number of amides is 2. The molecule has 0 fully saturated rings. The Morgan fingerprint density at radius 3 is 2.58 bits per heavy atom. The van der Waals surface area contributed by atoms with Crippen LogP contribution in [0.15, 0.2) is 58.8 Å². The second kappa shape index (κ2) is 10.2. The monoisotopic (exact) mass is 456 g/mol. The number of benzene rings is 2. The van der Waals surface area contributed by atoms with E-state index in [4.69, 9.17) is 5.11 Å². The minimum atomic E-state index is -1.02. The SMILES string of the molecule is CN(C)Sc1cccc(C(=O)NCC(=O)Nc2nc(-c3cccc(C(=O)O)c3)cs2)c1. The van der Waals surface area contributed by atoms with Crippen LogP contribution in [-0.2, 0) is 4.79 Å². The minimum Gasteiger partial charge on any atom is -0.478 e. The number of carbonyl (C=O) groups excluding carboxylic acids is 2. The smallest absolute Gasteiger partial charge is 0.335 e. The van der Waals surface area contributed by atoms with Crippen molar-refractivity contribution in [1.82, 2.24) is 14.6 Å². The van der Waals surface area contributed by atoms with Gasteiger partial charge in [0, 0.05) is 21.4 Å². The highest BCUT2D eigenvalue weighted by atomic mass is 32.2. The lowest BCUT2D eigenvalue weighted by Crippen LogP contribution is -2.32. The van der Waals surface area contributed by atoms with Crippen molar-refractivity contribution in [2.45, 2.75) is 4.90 Å². The van der Waals surface area contributed by atoms with Crippen LogP contribution >= 0.6 is 23.3 Å². The molecular weight excluding hydrogens is 436 g/mol. The molecule has 2 aromatic carbocycles.